The highest BCUT2D eigenvalue weighted by Crippen LogP contribution is 2.30. The van der Waals surface area contributed by atoms with Crippen molar-refractivity contribution in [3.8, 4) is 0 Å². The Morgan fingerprint density at radius 2 is 1.75 bits per heavy atom. The van der Waals surface area contributed by atoms with Crippen LogP contribution in [0.3, 0.4) is 0 Å². The van der Waals surface area contributed by atoms with Crippen LogP contribution in [-0.2, 0) is 11.3 Å². The third-order valence-corrected chi connectivity index (χ3v) is 5.54. The average molecular weight is 474 g/mol. The molecule has 0 saturated heterocycles. The second-order valence-electron chi connectivity index (χ2n) is 6.78. The second kappa shape index (κ2) is 8.40. The number of anilines is 1. The number of nitro benzene ring substituents is 1. The zero-order valence-corrected chi connectivity index (χ0v) is 17.6. The summed E-state index contributed by atoms with van der Waals surface area (Å²) in [5.74, 6) is -2.08. The summed E-state index contributed by atoms with van der Waals surface area (Å²) in [6.07, 6.45) is 1.45. The summed E-state index contributed by atoms with van der Waals surface area (Å²) in [5, 5.41) is 18.8. The van der Waals surface area contributed by atoms with Gasteiger partial charge >= 0.3 is 0 Å². The van der Waals surface area contributed by atoms with E-state index in [4.69, 9.17) is 23.2 Å². The van der Waals surface area contributed by atoms with Gasteiger partial charge in [-0.2, -0.15) is 5.10 Å². The Balaban J connectivity index is 1.51. The van der Waals surface area contributed by atoms with E-state index in [1.165, 1.54) is 29.1 Å². The minimum atomic E-state index is -0.899. The van der Waals surface area contributed by atoms with E-state index in [1.807, 2.05) is 0 Å². The molecule has 0 saturated carbocycles. The molecule has 0 radical (unpaired) electrons. The standard InChI is InChI=1S/C20H13Cl2N5O5/c21-13-4-2-5-14(22)12(13)9-26-16(7-8-23-26)24-17(28)10-25-19(29)11-3-1-6-15(27(31)32)18(11)20(25)30/h1-8H,9-10H2,(H,24,28). The molecule has 0 bridgehead atoms. The maximum Gasteiger partial charge on any atom is 0.282 e. The van der Waals surface area contributed by atoms with Crippen LogP contribution in [-0.4, -0.2) is 43.9 Å². The molecule has 32 heavy (non-hydrogen) atoms. The highest BCUT2D eigenvalue weighted by Gasteiger charge is 2.41. The molecule has 4 rings (SSSR count). The topological polar surface area (TPSA) is 127 Å². The molecule has 0 atom stereocenters. The summed E-state index contributed by atoms with van der Waals surface area (Å²) in [5.41, 5.74) is -0.328. The summed E-state index contributed by atoms with van der Waals surface area (Å²) in [6.45, 7) is -0.456. The Kier molecular flexibility index (Phi) is 5.64. The third-order valence-electron chi connectivity index (χ3n) is 4.83. The van der Waals surface area contributed by atoms with E-state index in [0.717, 1.165) is 6.07 Å². The number of hydrogen-bond acceptors (Lipinski definition) is 6. The first-order chi connectivity index (χ1) is 15.3. The molecular weight excluding hydrogens is 461 g/mol. The fourth-order valence-corrected chi connectivity index (χ4v) is 3.85. The Hall–Kier alpha value is -3.76. The first-order valence-electron chi connectivity index (χ1n) is 9.16. The molecule has 2 aromatic carbocycles. The normalized spacial score (nSPS) is 12.8. The first kappa shape index (κ1) is 21.5. The molecule has 12 heteroatoms. The first-order valence-corrected chi connectivity index (χ1v) is 9.91. The quantitative estimate of drug-likeness (QED) is 0.332. The number of fused-ring (bicyclic) bond motifs is 1. The van der Waals surface area contributed by atoms with Crippen LogP contribution in [0.1, 0.15) is 26.3 Å². The van der Waals surface area contributed by atoms with Gasteiger partial charge in [-0.25, -0.2) is 4.68 Å². The van der Waals surface area contributed by atoms with Crippen LogP contribution in [0, 0.1) is 10.1 Å². The van der Waals surface area contributed by atoms with Crippen molar-refractivity contribution < 1.29 is 19.3 Å². The predicted molar refractivity (Wildman–Crippen MR) is 115 cm³/mol. The van der Waals surface area contributed by atoms with Gasteiger partial charge in [-0.05, 0) is 18.2 Å². The van der Waals surface area contributed by atoms with E-state index in [0.29, 0.717) is 20.5 Å². The van der Waals surface area contributed by atoms with Crippen LogP contribution in [0.25, 0.3) is 0 Å². The number of carbonyl (C=O) groups excluding carboxylic acids is 3. The predicted octanol–water partition coefficient (Wildman–Crippen LogP) is 3.38. The summed E-state index contributed by atoms with van der Waals surface area (Å²) >= 11 is 12.4. The lowest BCUT2D eigenvalue weighted by molar-refractivity contribution is -0.385. The fourth-order valence-electron chi connectivity index (χ4n) is 3.34. The molecule has 3 aromatic rings. The molecule has 3 amide bonds. The molecule has 0 aliphatic carbocycles. The molecule has 162 valence electrons. The van der Waals surface area contributed by atoms with Crippen molar-refractivity contribution in [3.05, 3.63) is 85.5 Å². The van der Waals surface area contributed by atoms with E-state index >= 15 is 0 Å². The minimum Gasteiger partial charge on any atom is -0.309 e. The zero-order valence-electron chi connectivity index (χ0n) is 16.1. The number of halogens is 2. The summed E-state index contributed by atoms with van der Waals surface area (Å²) in [6, 6.07) is 10.3. The van der Waals surface area contributed by atoms with Gasteiger partial charge in [0.1, 0.15) is 17.9 Å². The largest absolute Gasteiger partial charge is 0.309 e. The lowest BCUT2D eigenvalue weighted by atomic mass is 10.1. The molecule has 1 aliphatic rings. The molecule has 10 nitrogen and oxygen atoms in total. The van der Waals surface area contributed by atoms with Crippen molar-refractivity contribution in [2.24, 2.45) is 0 Å². The lowest BCUT2D eigenvalue weighted by Gasteiger charge is -2.15. The van der Waals surface area contributed by atoms with Gasteiger partial charge in [-0.15, -0.1) is 0 Å². The monoisotopic (exact) mass is 473 g/mol. The van der Waals surface area contributed by atoms with Crippen molar-refractivity contribution >= 4 is 52.4 Å². The van der Waals surface area contributed by atoms with Crippen LogP contribution in [0.4, 0.5) is 11.5 Å². The van der Waals surface area contributed by atoms with Crippen LogP contribution >= 0.6 is 23.2 Å². The molecule has 1 N–H and O–H groups in total. The average Bonchev–Trinajstić information content (AvgIpc) is 3.28. The van der Waals surface area contributed by atoms with Crippen molar-refractivity contribution in [3.63, 3.8) is 0 Å². The van der Waals surface area contributed by atoms with Crippen molar-refractivity contribution in [1.82, 2.24) is 14.7 Å². The van der Waals surface area contributed by atoms with Crippen molar-refractivity contribution in [2.75, 3.05) is 11.9 Å². The number of hydrogen-bond donors (Lipinski definition) is 1. The molecule has 2 heterocycles. The zero-order chi connectivity index (χ0) is 23.0. The number of imide groups is 1. The number of nitrogens with one attached hydrogen (secondary N) is 1. The smallest absolute Gasteiger partial charge is 0.282 e. The van der Waals surface area contributed by atoms with Crippen LogP contribution < -0.4 is 5.32 Å². The number of rotatable bonds is 6. The number of nitrogens with zero attached hydrogens (tertiary/aromatic N) is 4. The van der Waals surface area contributed by atoms with Crippen LogP contribution in [0.5, 0.6) is 0 Å². The Bertz CT molecular complexity index is 1270. The van der Waals surface area contributed by atoms with E-state index in [9.17, 15) is 24.5 Å². The SMILES string of the molecule is O=C(CN1C(=O)c2cccc([N+](=O)[O-])c2C1=O)Nc1ccnn1Cc1c(Cl)cccc1Cl. The molecule has 0 fully saturated rings. The van der Waals surface area contributed by atoms with E-state index in [-0.39, 0.29) is 23.5 Å². The van der Waals surface area contributed by atoms with Gasteiger partial charge in [0.05, 0.1) is 23.2 Å². The fraction of sp³-hybridized carbons (Fsp3) is 0.100. The second-order valence-corrected chi connectivity index (χ2v) is 7.59. The number of carbonyl (C=O) groups is 3. The van der Waals surface area contributed by atoms with Crippen molar-refractivity contribution in [2.45, 2.75) is 6.54 Å². The highest BCUT2D eigenvalue weighted by molar-refractivity contribution is 6.36. The van der Waals surface area contributed by atoms with E-state index < -0.39 is 34.9 Å². The summed E-state index contributed by atoms with van der Waals surface area (Å²) in [7, 11) is 0. The van der Waals surface area contributed by atoms with E-state index in [2.05, 4.69) is 10.4 Å². The van der Waals surface area contributed by atoms with Gasteiger partial charge in [-0.3, -0.25) is 29.4 Å². The minimum absolute atomic E-state index is 0.115. The molecule has 1 aliphatic heterocycles. The molecule has 1 aromatic heterocycles. The van der Waals surface area contributed by atoms with Crippen molar-refractivity contribution in [1.29, 1.82) is 0 Å². The number of benzene rings is 2. The van der Waals surface area contributed by atoms with Gasteiger partial charge in [0.15, 0.2) is 0 Å². The Labute approximate surface area is 190 Å². The van der Waals surface area contributed by atoms with Gasteiger partial charge in [-0.1, -0.05) is 35.3 Å². The summed E-state index contributed by atoms with van der Waals surface area (Å²) in [4.78, 5) is 48.9. The van der Waals surface area contributed by atoms with E-state index in [1.54, 1.807) is 18.2 Å². The maximum absolute atomic E-state index is 12.6. The number of nitro groups is 1. The Morgan fingerprint density at radius 3 is 2.44 bits per heavy atom. The number of amides is 3. The van der Waals surface area contributed by atoms with Gasteiger partial charge in [0, 0.05) is 27.7 Å². The van der Waals surface area contributed by atoms with Gasteiger partial charge in [0.2, 0.25) is 5.91 Å². The highest BCUT2D eigenvalue weighted by atomic mass is 35.5. The molecule has 0 spiro atoms. The maximum atomic E-state index is 12.6. The van der Waals surface area contributed by atoms with Crippen LogP contribution in [0.15, 0.2) is 48.7 Å². The number of aromatic nitrogens is 2. The van der Waals surface area contributed by atoms with Gasteiger partial charge < -0.3 is 5.32 Å². The van der Waals surface area contributed by atoms with Gasteiger partial charge in [0.25, 0.3) is 17.5 Å². The third kappa shape index (κ3) is 3.81. The van der Waals surface area contributed by atoms with Crippen LogP contribution in [0.2, 0.25) is 10.0 Å². The molecular formula is C20H13Cl2N5O5. The lowest BCUT2D eigenvalue weighted by Crippen LogP contribution is -2.37. The molecule has 0 unspecified atom stereocenters. The summed E-state index contributed by atoms with van der Waals surface area (Å²) < 4.78 is 1.44. The Morgan fingerprint density at radius 1 is 1.06 bits per heavy atom.